The largest absolute Gasteiger partial charge is 0.468 e. The lowest BCUT2D eigenvalue weighted by Crippen LogP contribution is -2.33. The zero-order valence-electron chi connectivity index (χ0n) is 9.69. The maximum Gasteiger partial charge on any atom is 0.321 e. The van der Waals surface area contributed by atoms with E-state index in [2.05, 4.69) is 11.7 Å². The molecule has 0 amide bonds. The van der Waals surface area contributed by atoms with E-state index in [4.69, 9.17) is 0 Å². The average molecular weight is 232 g/mol. The number of carbonyl (C=O) groups excluding carboxylic acids is 1. The molecule has 0 saturated heterocycles. The maximum absolute atomic E-state index is 12.1. The van der Waals surface area contributed by atoms with Gasteiger partial charge in [0, 0.05) is 16.0 Å². The Morgan fingerprint density at radius 2 is 2.13 bits per heavy atom. The van der Waals surface area contributed by atoms with Gasteiger partial charge < -0.3 is 4.74 Å². The second-order valence-corrected chi connectivity index (χ2v) is 6.42. The fourth-order valence-electron chi connectivity index (χ4n) is 2.14. The molecule has 1 aliphatic carbocycles. The van der Waals surface area contributed by atoms with Crippen LogP contribution in [-0.4, -0.2) is 27.8 Å². The summed E-state index contributed by atoms with van der Waals surface area (Å²) in [5.74, 6) is 0.282. The van der Waals surface area contributed by atoms with Crippen LogP contribution in [0, 0.1) is 5.92 Å². The highest BCUT2D eigenvalue weighted by Gasteiger charge is 2.30. The second kappa shape index (κ2) is 5.64. The van der Waals surface area contributed by atoms with Crippen LogP contribution < -0.4 is 0 Å². The molecule has 0 aromatic carbocycles. The monoisotopic (exact) mass is 232 g/mol. The van der Waals surface area contributed by atoms with Crippen molar-refractivity contribution in [3.63, 3.8) is 0 Å². The molecule has 0 heterocycles. The molecule has 0 aromatic rings. The van der Waals surface area contributed by atoms with Crippen molar-refractivity contribution in [2.75, 3.05) is 7.11 Å². The quantitative estimate of drug-likeness (QED) is 0.698. The van der Waals surface area contributed by atoms with Crippen molar-refractivity contribution in [1.29, 1.82) is 0 Å². The number of rotatable bonds is 3. The van der Waals surface area contributed by atoms with Gasteiger partial charge >= 0.3 is 5.97 Å². The third-order valence-electron chi connectivity index (χ3n) is 3.10. The molecule has 0 aliphatic heterocycles. The summed E-state index contributed by atoms with van der Waals surface area (Å²) in [6.45, 7) is 3.88. The van der Waals surface area contributed by atoms with Crippen molar-refractivity contribution < 1.29 is 13.7 Å². The molecule has 1 fully saturated rings. The second-order valence-electron chi connectivity index (χ2n) is 4.39. The minimum atomic E-state index is -1.08. The molecule has 4 heteroatoms. The molecule has 3 nitrogen and oxygen atoms in total. The first-order valence-electron chi connectivity index (χ1n) is 5.53. The van der Waals surface area contributed by atoms with Crippen LogP contribution >= 0.6 is 0 Å². The van der Waals surface area contributed by atoms with Gasteiger partial charge in [-0.15, -0.1) is 0 Å². The molecule has 0 N–H and O–H groups in total. The van der Waals surface area contributed by atoms with Gasteiger partial charge in [-0.05, 0) is 25.7 Å². The van der Waals surface area contributed by atoms with E-state index in [0.717, 1.165) is 19.3 Å². The molecule has 0 bridgehead atoms. The highest BCUT2D eigenvalue weighted by molar-refractivity contribution is 7.87. The van der Waals surface area contributed by atoms with E-state index in [9.17, 15) is 9.00 Å². The van der Waals surface area contributed by atoms with E-state index in [-0.39, 0.29) is 11.2 Å². The Labute approximate surface area is 94.0 Å². The van der Waals surface area contributed by atoms with Crippen LogP contribution in [0.1, 0.15) is 39.5 Å². The van der Waals surface area contributed by atoms with Crippen LogP contribution in [0.15, 0.2) is 0 Å². The van der Waals surface area contributed by atoms with Crippen LogP contribution in [0.2, 0.25) is 0 Å². The SMILES string of the molecule is COC(=O)C(C)S(=O)C1CCCC(C)C1. The van der Waals surface area contributed by atoms with E-state index in [1.54, 1.807) is 6.92 Å². The fraction of sp³-hybridized carbons (Fsp3) is 0.909. The van der Waals surface area contributed by atoms with Gasteiger partial charge in [0.25, 0.3) is 0 Å². The van der Waals surface area contributed by atoms with Crippen LogP contribution in [-0.2, 0) is 20.3 Å². The van der Waals surface area contributed by atoms with Gasteiger partial charge in [-0.3, -0.25) is 9.00 Å². The van der Waals surface area contributed by atoms with Gasteiger partial charge in [-0.2, -0.15) is 0 Å². The van der Waals surface area contributed by atoms with Crippen molar-refractivity contribution >= 4 is 16.8 Å². The summed E-state index contributed by atoms with van der Waals surface area (Å²) in [4.78, 5) is 11.3. The maximum atomic E-state index is 12.1. The minimum absolute atomic E-state index is 0.183. The number of esters is 1. The summed E-state index contributed by atoms with van der Waals surface area (Å²) < 4.78 is 16.7. The van der Waals surface area contributed by atoms with Crippen LogP contribution in [0.5, 0.6) is 0 Å². The summed E-state index contributed by atoms with van der Waals surface area (Å²) in [6, 6.07) is 0. The molecule has 0 aromatic heterocycles. The molecule has 1 saturated carbocycles. The van der Waals surface area contributed by atoms with Gasteiger partial charge in [-0.25, -0.2) is 0 Å². The number of carbonyl (C=O) groups is 1. The predicted octanol–water partition coefficient (Wildman–Crippen LogP) is 1.88. The molecule has 1 aliphatic rings. The highest BCUT2D eigenvalue weighted by atomic mass is 32.2. The molecule has 4 atom stereocenters. The third-order valence-corrected chi connectivity index (χ3v) is 5.07. The summed E-state index contributed by atoms with van der Waals surface area (Å²) in [7, 11) is 0.270. The smallest absolute Gasteiger partial charge is 0.321 e. The van der Waals surface area contributed by atoms with Crippen molar-refractivity contribution in [3.05, 3.63) is 0 Å². The molecular weight excluding hydrogens is 212 g/mol. The van der Waals surface area contributed by atoms with Crippen molar-refractivity contribution in [2.24, 2.45) is 5.92 Å². The van der Waals surface area contributed by atoms with E-state index in [1.165, 1.54) is 13.5 Å². The van der Waals surface area contributed by atoms with Crippen LogP contribution in [0.3, 0.4) is 0 Å². The first-order valence-corrected chi connectivity index (χ1v) is 6.81. The fourth-order valence-corrected chi connectivity index (χ4v) is 3.92. The van der Waals surface area contributed by atoms with Gasteiger partial charge in [0.1, 0.15) is 5.25 Å². The number of ether oxygens (including phenoxy) is 1. The Morgan fingerprint density at radius 1 is 1.47 bits per heavy atom. The Morgan fingerprint density at radius 3 is 2.67 bits per heavy atom. The normalized spacial score (nSPS) is 30.6. The first-order chi connectivity index (χ1) is 7.06. The minimum Gasteiger partial charge on any atom is -0.468 e. The van der Waals surface area contributed by atoms with Crippen LogP contribution in [0.4, 0.5) is 0 Å². The van der Waals surface area contributed by atoms with E-state index in [0.29, 0.717) is 5.92 Å². The van der Waals surface area contributed by atoms with Crippen LogP contribution in [0.25, 0.3) is 0 Å². The van der Waals surface area contributed by atoms with Crippen molar-refractivity contribution in [1.82, 2.24) is 0 Å². The van der Waals surface area contributed by atoms with Crippen molar-refractivity contribution in [2.45, 2.75) is 50.0 Å². The van der Waals surface area contributed by atoms with Gasteiger partial charge in [0.05, 0.1) is 7.11 Å². The predicted molar refractivity (Wildman–Crippen MR) is 61.0 cm³/mol. The van der Waals surface area contributed by atoms with Gasteiger partial charge in [0.2, 0.25) is 0 Å². The molecule has 15 heavy (non-hydrogen) atoms. The Balaban J connectivity index is 2.55. The van der Waals surface area contributed by atoms with Gasteiger partial charge in [-0.1, -0.05) is 19.8 Å². The summed E-state index contributed by atoms with van der Waals surface area (Å²) in [5, 5.41) is -0.298. The first kappa shape index (κ1) is 12.7. The zero-order chi connectivity index (χ0) is 11.4. The summed E-state index contributed by atoms with van der Waals surface area (Å²) >= 11 is 0. The lowest BCUT2D eigenvalue weighted by molar-refractivity contribution is -0.139. The van der Waals surface area contributed by atoms with Gasteiger partial charge in [0.15, 0.2) is 0 Å². The highest BCUT2D eigenvalue weighted by Crippen LogP contribution is 2.28. The third kappa shape index (κ3) is 3.30. The lowest BCUT2D eigenvalue weighted by Gasteiger charge is -2.27. The molecule has 0 radical (unpaired) electrons. The molecule has 4 unspecified atom stereocenters. The Kier molecular flexibility index (Phi) is 4.77. The zero-order valence-corrected chi connectivity index (χ0v) is 10.5. The molecular formula is C11H20O3S. The van der Waals surface area contributed by atoms with E-state index in [1.807, 2.05) is 0 Å². The van der Waals surface area contributed by atoms with Crippen molar-refractivity contribution in [3.8, 4) is 0 Å². The molecule has 1 rings (SSSR count). The molecule has 88 valence electrons. The number of methoxy groups -OCH3 is 1. The van der Waals surface area contributed by atoms with E-state index < -0.39 is 16.0 Å². The standard InChI is InChI=1S/C11H20O3S/c1-8-5-4-6-10(7-8)15(13)9(2)11(12)14-3/h8-10H,4-7H2,1-3H3. The topological polar surface area (TPSA) is 43.4 Å². The molecule has 0 spiro atoms. The number of hydrogen-bond donors (Lipinski definition) is 0. The Hall–Kier alpha value is -0.380. The summed E-state index contributed by atoms with van der Waals surface area (Å²) in [6.07, 6.45) is 4.32. The van der Waals surface area contributed by atoms with E-state index >= 15 is 0 Å². The number of hydrogen-bond acceptors (Lipinski definition) is 3. The average Bonchev–Trinajstić information content (AvgIpc) is 2.26. The Bertz CT molecular complexity index is 252. The summed E-state index contributed by atoms with van der Waals surface area (Å²) in [5.41, 5.74) is 0. The lowest BCUT2D eigenvalue weighted by atomic mass is 9.91.